The highest BCUT2D eigenvalue weighted by Gasteiger charge is 2.36. The van der Waals surface area contributed by atoms with Crippen LogP contribution in [0.15, 0.2) is 36.8 Å². The van der Waals surface area contributed by atoms with Gasteiger partial charge in [-0.25, -0.2) is 14.3 Å². The molecule has 0 spiro atoms. The number of fused-ring (bicyclic) bond motifs is 2. The number of imidazole rings is 1. The van der Waals surface area contributed by atoms with Crippen molar-refractivity contribution in [1.82, 2.24) is 34.3 Å². The van der Waals surface area contributed by atoms with Gasteiger partial charge in [0.05, 0.1) is 35.3 Å². The monoisotopic (exact) mass is 473 g/mol. The van der Waals surface area contributed by atoms with Gasteiger partial charge in [0.15, 0.2) is 11.4 Å². The largest absolute Gasteiger partial charge is 0.343 e. The Balaban J connectivity index is 1.34. The van der Waals surface area contributed by atoms with Crippen LogP contribution in [0.5, 0.6) is 0 Å². The zero-order valence-corrected chi connectivity index (χ0v) is 18.9. The number of Topliss-reactive ketones (excluding diaryl/α,β-unsaturated/α-hetero) is 1. The van der Waals surface area contributed by atoms with Crippen molar-refractivity contribution in [1.29, 1.82) is 0 Å². The molecule has 1 N–H and O–H groups in total. The van der Waals surface area contributed by atoms with E-state index in [1.54, 1.807) is 40.1 Å². The predicted octanol–water partition coefficient (Wildman–Crippen LogP) is 1.20. The maximum atomic E-state index is 13.1. The van der Waals surface area contributed by atoms with Crippen LogP contribution in [0.1, 0.15) is 41.0 Å². The van der Waals surface area contributed by atoms with E-state index in [1.807, 2.05) is 4.90 Å². The number of imide groups is 1. The maximum absolute atomic E-state index is 13.1. The summed E-state index contributed by atoms with van der Waals surface area (Å²) >= 11 is 0. The minimum Gasteiger partial charge on any atom is -0.343 e. The molecule has 0 atom stereocenters. The first kappa shape index (κ1) is 21.3. The number of nitrogens with one attached hydrogen (secondary N) is 1. The van der Waals surface area contributed by atoms with Gasteiger partial charge in [-0.3, -0.25) is 19.7 Å². The van der Waals surface area contributed by atoms with E-state index in [0.717, 1.165) is 32.4 Å². The standard InChI is InChI=1S/C24H23N7O4/c32-18-14-30(24(35)28-7-2-1-3-8-28)10-9-29-13-15(11-16(18)29)20-21(23(34)27-22(20)33)17-12-25-19-5-4-6-26-31(17)19/h4-6,11-13H,1-3,7-10,14H2,(H,27,33,34). The first-order valence-corrected chi connectivity index (χ1v) is 11.7. The Labute approximate surface area is 200 Å². The molecule has 178 valence electrons. The van der Waals surface area contributed by atoms with Gasteiger partial charge in [-0.05, 0) is 37.5 Å². The summed E-state index contributed by atoms with van der Waals surface area (Å²) in [5, 5.41) is 6.61. The fourth-order valence-corrected chi connectivity index (χ4v) is 5.05. The first-order chi connectivity index (χ1) is 17.0. The van der Waals surface area contributed by atoms with Crippen LogP contribution in [-0.4, -0.2) is 78.8 Å². The van der Waals surface area contributed by atoms with Crippen molar-refractivity contribution in [2.24, 2.45) is 0 Å². The predicted molar refractivity (Wildman–Crippen MR) is 124 cm³/mol. The number of amides is 4. The van der Waals surface area contributed by atoms with Crippen LogP contribution < -0.4 is 5.32 Å². The van der Waals surface area contributed by atoms with E-state index >= 15 is 0 Å². The van der Waals surface area contributed by atoms with E-state index in [1.165, 1.54) is 10.7 Å². The highest BCUT2D eigenvalue weighted by atomic mass is 16.2. The molecular formula is C24H23N7O4. The number of hydrogen-bond donors (Lipinski definition) is 1. The molecule has 1 saturated heterocycles. The van der Waals surface area contributed by atoms with Crippen LogP contribution in [0.2, 0.25) is 0 Å². The lowest BCUT2D eigenvalue weighted by Gasteiger charge is -2.32. The summed E-state index contributed by atoms with van der Waals surface area (Å²) < 4.78 is 3.26. The van der Waals surface area contributed by atoms with E-state index in [9.17, 15) is 19.2 Å². The Morgan fingerprint density at radius 1 is 0.914 bits per heavy atom. The summed E-state index contributed by atoms with van der Waals surface area (Å²) in [4.78, 5) is 59.3. The molecule has 1 fully saturated rings. The van der Waals surface area contributed by atoms with Crippen molar-refractivity contribution in [3.8, 4) is 0 Å². The Hall–Kier alpha value is -4.28. The van der Waals surface area contributed by atoms with E-state index in [2.05, 4.69) is 15.4 Å². The molecule has 3 aliphatic rings. The van der Waals surface area contributed by atoms with Crippen LogP contribution in [0.3, 0.4) is 0 Å². The van der Waals surface area contributed by atoms with Crippen LogP contribution in [0.4, 0.5) is 4.79 Å². The third-order valence-electron chi connectivity index (χ3n) is 6.78. The topological polar surface area (TPSA) is 122 Å². The molecule has 0 radical (unpaired) electrons. The molecule has 3 aromatic rings. The molecule has 0 unspecified atom stereocenters. The number of hydrogen-bond acceptors (Lipinski definition) is 6. The van der Waals surface area contributed by atoms with Crippen LogP contribution >= 0.6 is 0 Å². The number of carbonyl (C=O) groups is 4. The summed E-state index contributed by atoms with van der Waals surface area (Å²) in [6, 6.07) is 5.01. The van der Waals surface area contributed by atoms with Gasteiger partial charge >= 0.3 is 6.03 Å². The van der Waals surface area contributed by atoms with E-state index in [0.29, 0.717) is 35.7 Å². The Bertz CT molecular complexity index is 1430. The third-order valence-corrected chi connectivity index (χ3v) is 6.78. The number of aromatic nitrogens is 4. The molecule has 6 heterocycles. The Kier molecular flexibility index (Phi) is 4.97. The van der Waals surface area contributed by atoms with Gasteiger partial charge in [0.2, 0.25) is 0 Å². The van der Waals surface area contributed by atoms with Crippen molar-refractivity contribution in [3.05, 3.63) is 53.7 Å². The molecule has 11 nitrogen and oxygen atoms in total. The number of piperidine rings is 1. The lowest BCUT2D eigenvalue weighted by atomic mass is 10.0. The van der Waals surface area contributed by atoms with E-state index in [4.69, 9.17) is 0 Å². The SMILES string of the molecule is O=C1NC(=O)C(c2cnc3cccnn23)=C1c1cc2n(c1)CCN(C(=O)N1CCCCC1)CC2=O. The second-order valence-electron chi connectivity index (χ2n) is 8.95. The minimum atomic E-state index is -0.538. The van der Waals surface area contributed by atoms with Gasteiger partial charge in [-0.2, -0.15) is 5.10 Å². The summed E-state index contributed by atoms with van der Waals surface area (Å²) in [5.41, 5.74) is 2.15. The Morgan fingerprint density at radius 3 is 2.54 bits per heavy atom. The van der Waals surface area contributed by atoms with Gasteiger partial charge in [0, 0.05) is 44.1 Å². The molecule has 6 rings (SSSR count). The number of rotatable bonds is 2. The smallest absolute Gasteiger partial charge is 0.320 e. The molecule has 4 amide bonds. The number of nitrogens with zero attached hydrogens (tertiary/aromatic N) is 6. The summed E-state index contributed by atoms with van der Waals surface area (Å²) in [5.74, 6) is -1.28. The van der Waals surface area contributed by atoms with Crippen LogP contribution in [0, 0.1) is 0 Å². The Morgan fingerprint density at radius 2 is 1.71 bits per heavy atom. The summed E-state index contributed by atoms with van der Waals surface area (Å²) in [6.45, 7) is 2.22. The van der Waals surface area contributed by atoms with Crippen molar-refractivity contribution in [2.75, 3.05) is 26.2 Å². The second-order valence-corrected chi connectivity index (χ2v) is 8.95. The van der Waals surface area contributed by atoms with Crippen LogP contribution in [-0.2, 0) is 16.1 Å². The molecule has 3 aliphatic heterocycles. The molecule has 35 heavy (non-hydrogen) atoms. The normalized spacial score (nSPS) is 18.8. The van der Waals surface area contributed by atoms with Gasteiger partial charge in [0.1, 0.15) is 0 Å². The molecule has 0 bridgehead atoms. The number of carbonyl (C=O) groups excluding carboxylic acids is 4. The summed E-state index contributed by atoms with van der Waals surface area (Å²) in [6.07, 6.45) is 7.87. The summed E-state index contributed by atoms with van der Waals surface area (Å²) in [7, 11) is 0. The van der Waals surface area contributed by atoms with Crippen LogP contribution in [0.25, 0.3) is 16.8 Å². The van der Waals surface area contributed by atoms with Gasteiger partial charge < -0.3 is 14.4 Å². The zero-order valence-electron chi connectivity index (χ0n) is 18.9. The van der Waals surface area contributed by atoms with Crippen molar-refractivity contribution >= 4 is 40.4 Å². The van der Waals surface area contributed by atoms with E-state index < -0.39 is 11.8 Å². The average Bonchev–Trinajstić information content (AvgIpc) is 3.53. The highest BCUT2D eigenvalue weighted by Crippen LogP contribution is 2.33. The molecule has 0 saturated carbocycles. The molecular weight excluding hydrogens is 450 g/mol. The minimum absolute atomic E-state index is 0.0208. The molecule has 0 aliphatic carbocycles. The number of urea groups is 1. The average molecular weight is 473 g/mol. The molecule has 0 aromatic carbocycles. The lowest BCUT2D eigenvalue weighted by Crippen LogP contribution is -2.47. The van der Waals surface area contributed by atoms with Gasteiger partial charge in [0.25, 0.3) is 11.8 Å². The quantitative estimate of drug-likeness (QED) is 0.558. The first-order valence-electron chi connectivity index (χ1n) is 11.7. The van der Waals surface area contributed by atoms with Crippen molar-refractivity contribution < 1.29 is 19.2 Å². The molecule has 3 aromatic heterocycles. The van der Waals surface area contributed by atoms with E-state index in [-0.39, 0.29) is 29.5 Å². The van der Waals surface area contributed by atoms with Crippen molar-refractivity contribution in [3.63, 3.8) is 0 Å². The second kappa shape index (κ2) is 8.19. The van der Waals surface area contributed by atoms with Crippen molar-refractivity contribution in [2.45, 2.75) is 25.8 Å². The number of ketones is 1. The lowest BCUT2D eigenvalue weighted by molar-refractivity contribution is -0.122. The highest BCUT2D eigenvalue weighted by molar-refractivity contribution is 6.49. The number of likely N-dealkylation sites (tertiary alicyclic amines) is 1. The fourth-order valence-electron chi connectivity index (χ4n) is 5.05. The molecule has 11 heteroatoms. The third kappa shape index (κ3) is 3.50. The van der Waals surface area contributed by atoms with Gasteiger partial charge in [-0.1, -0.05) is 0 Å². The maximum Gasteiger partial charge on any atom is 0.320 e. The van der Waals surface area contributed by atoms with Gasteiger partial charge in [-0.15, -0.1) is 0 Å². The fraction of sp³-hybridized carbons (Fsp3) is 0.333. The zero-order chi connectivity index (χ0) is 24.1.